The number of nitrogens with one attached hydrogen (secondary N) is 3. The molecule has 25 heavy (non-hydrogen) atoms. The Hall–Kier alpha value is -3.22. The number of carbonyl (C=O) groups excluding carboxylic acids is 3. The van der Waals surface area contributed by atoms with Gasteiger partial charge in [0.1, 0.15) is 0 Å². The maximum absolute atomic E-state index is 11.8. The van der Waals surface area contributed by atoms with Crippen LogP contribution in [0.5, 0.6) is 0 Å². The minimum Gasteiger partial charge on any atom is -0.352 e. The van der Waals surface area contributed by atoms with Crippen molar-refractivity contribution in [1.29, 1.82) is 0 Å². The normalized spacial score (nSPS) is 9.96. The minimum absolute atomic E-state index is 0.0856. The lowest BCUT2D eigenvalue weighted by Gasteiger charge is -2.08. The molecule has 0 fully saturated rings. The predicted molar refractivity (Wildman–Crippen MR) is 93.5 cm³/mol. The molecule has 3 amide bonds. The highest BCUT2D eigenvalue weighted by Crippen LogP contribution is 2.09. The van der Waals surface area contributed by atoms with Crippen molar-refractivity contribution in [2.24, 2.45) is 0 Å². The number of rotatable bonds is 6. The molecule has 0 atom stereocenters. The summed E-state index contributed by atoms with van der Waals surface area (Å²) in [6, 6.07) is 10.7. The van der Waals surface area contributed by atoms with Crippen LogP contribution in [0.3, 0.4) is 0 Å². The molecule has 2 aromatic rings. The van der Waals surface area contributed by atoms with Crippen LogP contribution in [0.4, 0.5) is 5.69 Å². The number of benzene rings is 1. The summed E-state index contributed by atoms with van der Waals surface area (Å²) < 4.78 is 0. The SMILES string of the molecule is Cc1cccc(NC(=O)C(=O)NCCC(=O)NCc2ccncc2)c1. The molecule has 1 aromatic carbocycles. The lowest BCUT2D eigenvalue weighted by molar-refractivity contribution is -0.136. The van der Waals surface area contributed by atoms with Gasteiger partial charge in [0.25, 0.3) is 0 Å². The first-order chi connectivity index (χ1) is 12.0. The highest BCUT2D eigenvalue weighted by Gasteiger charge is 2.13. The van der Waals surface area contributed by atoms with Gasteiger partial charge >= 0.3 is 11.8 Å². The van der Waals surface area contributed by atoms with E-state index in [2.05, 4.69) is 20.9 Å². The predicted octanol–water partition coefficient (Wildman–Crippen LogP) is 1.15. The topological polar surface area (TPSA) is 100 Å². The largest absolute Gasteiger partial charge is 0.352 e. The Morgan fingerprint density at radius 3 is 2.48 bits per heavy atom. The van der Waals surface area contributed by atoms with Crippen molar-refractivity contribution in [3.8, 4) is 0 Å². The third-order valence-corrected chi connectivity index (χ3v) is 3.36. The highest BCUT2D eigenvalue weighted by molar-refractivity contribution is 6.39. The van der Waals surface area contributed by atoms with Crippen molar-refractivity contribution in [2.45, 2.75) is 19.9 Å². The number of aromatic nitrogens is 1. The zero-order chi connectivity index (χ0) is 18.1. The van der Waals surface area contributed by atoms with E-state index >= 15 is 0 Å². The molecular weight excluding hydrogens is 320 g/mol. The number of aryl methyl sites for hydroxylation is 1. The van der Waals surface area contributed by atoms with E-state index in [0.29, 0.717) is 12.2 Å². The van der Waals surface area contributed by atoms with Crippen molar-refractivity contribution in [3.05, 3.63) is 59.9 Å². The summed E-state index contributed by atoms with van der Waals surface area (Å²) in [4.78, 5) is 39.1. The molecule has 0 bridgehead atoms. The summed E-state index contributed by atoms with van der Waals surface area (Å²) in [7, 11) is 0. The van der Waals surface area contributed by atoms with E-state index in [1.807, 2.05) is 13.0 Å². The fourth-order valence-electron chi connectivity index (χ4n) is 2.07. The second-order valence-electron chi connectivity index (χ2n) is 5.46. The Labute approximate surface area is 145 Å². The zero-order valence-electron chi connectivity index (χ0n) is 13.9. The number of amides is 3. The van der Waals surface area contributed by atoms with Crippen molar-refractivity contribution in [3.63, 3.8) is 0 Å². The van der Waals surface area contributed by atoms with Gasteiger partial charge in [-0.2, -0.15) is 0 Å². The Morgan fingerprint density at radius 1 is 1.00 bits per heavy atom. The summed E-state index contributed by atoms with van der Waals surface area (Å²) >= 11 is 0. The van der Waals surface area contributed by atoms with Gasteiger partial charge in [0.2, 0.25) is 5.91 Å². The molecule has 3 N–H and O–H groups in total. The Kier molecular flexibility index (Phi) is 6.65. The Bertz CT molecular complexity index is 747. The Morgan fingerprint density at radius 2 is 1.76 bits per heavy atom. The van der Waals surface area contributed by atoms with Gasteiger partial charge in [0.15, 0.2) is 0 Å². The molecule has 7 heteroatoms. The maximum Gasteiger partial charge on any atom is 0.313 e. The second-order valence-corrected chi connectivity index (χ2v) is 5.46. The van der Waals surface area contributed by atoms with Crippen LogP contribution in [0.25, 0.3) is 0 Å². The number of nitrogens with zero attached hydrogens (tertiary/aromatic N) is 1. The lowest BCUT2D eigenvalue weighted by Crippen LogP contribution is -2.37. The second kappa shape index (κ2) is 9.17. The summed E-state index contributed by atoms with van der Waals surface area (Å²) in [5.41, 5.74) is 2.46. The van der Waals surface area contributed by atoms with Gasteiger partial charge in [0.05, 0.1) is 0 Å². The summed E-state index contributed by atoms with van der Waals surface area (Å²) in [5, 5.41) is 7.66. The first kappa shape index (κ1) is 18.1. The van der Waals surface area contributed by atoms with Crippen LogP contribution in [-0.4, -0.2) is 29.3 Å². The van der Waals surface area contributed by atoms with E-state index in [9.17, 15) is 14.4 Å². The van der Waals surface area contributed by atoms with E-state index in [0.717, 1.165) is 11.1 Å². The molecule has 0 saturated heterocycles. The van der Waals surface area contributed by atoms with Gasteiger partial charge in [-0.15, -0.1) is 0 Å². The van der Waals surface area contributed by atoms with Crippen LogP contribution in [0.15, 0.2) is 48.8 Å². The minimum atomic E-state index is -0.775. The fraction of sp³-hybridized carbons (Fsp3) is 0.222. The van der Waals surface area contributed by atoms with Gasteiger partial charge in [-0.25, -0.2) is 0 Å². The molecule has 0 saturated carbocycles. The lowest BCUT2D eigenvalue weighted by atomic mass is 10.2. The van der Waals surface area contributed by atoms with E-state index in [-0.39, 0.29) is 18.9 Å². The summed E-state index contributed by atoms with van der Waals surface area (Å²) in [6.07, 6.45) is 3.39. The van der Waals surface area contributed by atoms with E-state index in [1.165, 1.54) is 0 Å². The quantitative estimate of drug-likeness (QED) is 0.687. The number of pyridine rings is 1. The van der Waals surface area contributed by atoms with Crippen molar-refractivity contribution in [1.82, 2.24) is 15.6 Å². The first-order valence-corrected chi connectivity index (χ1v) is 7.86. The monoisotopic (exact) mass is 340 g/mol. The molecule has 0 unspecified atom stereocenters. The maximum atomic E-state index is 11.8. The highest BCUT2D eigenvalue weighted by atomic mass is 16.2. The summed E-state index contributed by atoms with van der Waals surface area (Å²) in [5.74, 6) is -1.75. The number of hydrogen-bond acceptors (Lipinski definition) is 4. The zero-order valence-corrected chi connectivity index (χ0v) is 13.9. The molecule has 0 aliphatic carbocycles. The van der Waals surface area contributed by atoms with E-state index < -0.39 is 11.8 Å². The van der Waals surface area contributed by atoms with Gasteiger partial charge in [-0.05, 0) is 42.3 Å². The number of hydrogen-bond donors (Lipinski definition) is 3. The van der Waals surface area contributed by atoms with Gasteiger partial charge in [-0.3, -0.25) is 19.4 Å². The molecular formula is C18H20N4O3. The molecule has 130 valence electrons. The summed E-state index contributed by atoms with van der Waals surface area (Å²) in [6.45, 7) is 2.37. The molecule has 1 heterocycles. The average Bonchev–Trinajstić information content (AvgIpc) is 2.60. The molecule has 0 radical (unpaired) electrons. The van der Waals surface area contributed by atoms with Crippen LogP contribution in [0, 0.1) is 6.92 Å². The van der Waals surface area contributed by atoms with Crippen molar-refractivity contribution < 1.29 is 14.4 Å². The third-order valence-electron chi connectivity index (χ3n) is 3.36. The van der Waals surface area contributed by atoms with Crippen LogP contribution in [0.1, 0.15) is 17.5 Å². The molecule has 1 aromatic heterocycles. The molecule has 2 rings (SSSR count). The van der Waals surface area contributed by atoms with Crippen molar-refractivity contribution in [2.75, 3.05) is 11.9 Å². The van der Waals surface area contributed by atoms with Crippen LogP contribution in [0.2, 0.25) is 0 Å². The van der Waals surface area contributed by atoms with Crippen LogP contribution in [-0.2, 0) is 20.9 Å². The number of carbonyl (C=O) groups is 3. The molecule has 7 nitrogen and oxygen atoms in total. The van der Waals surface area contributed by atoms with Crippen LogP contribution < -0.4 is 16.0 Å². The van der Waals surface area contributed by atoms with Gasteiger partial charge in [0, 0.05) is 37.6 Å². The molecule has 0 aliphatic heterocycles. The average molecular weight is 340 g/mol. The van der Waals surface area contributed by atoms with E-state index in [4.69, 9.17) is 0 Å². The van der Waals surface area contributed by atoms with E-state index in [1.54, 1.807) is 42.7 Å². The van der Waals surface area contributed by atoms with Gasteiger partial charge < -0.3 is 16.0 Å². The van der Waals surface area contributed by atoms with Gasteiger partial charge in [-0.1, -0.05) is 12.1 Å². The standard InChI is InChI=1S/C18H20N4O3/c1-13-3-2-4-15(11-13)22-18(25)17(24)20-10-7-16(23)21-12-14-5-8-19-9-6-14/h2-6,8-9,11H,7,10,12H2,1H3,(H,20,24)(H,21,23)(H,22,25). The first-order valence-electron chi connectivity index (χ1n) is 7.86. The van der Waals surface area contributed by atoms with Crippen LogP contribution >= 0.6 is 0 Å². The number of anilines is 1. The molecule has 0 aliphatic rings. The van der Waals surface area contributed by atoms with Crippen molar-refractivity contribution >= 4 is 23.4 Å². The Balaban J connectivity index is 1.67. The smallest absolute Gasteiger partial charge is 0.313 e. The molecule has 0 spiro atoms. The third kappa shape index (κ3) is 6.42. The fourth-order valence-corrected chi connectivity index (χ4v) is 2.07.